The molecule has 1 unspecified atom stereocenters. The summed E-state index contributed by atoms with van der Waals surface area (Å²) < 4.78 is 5.38. The molecule has 136 valence electrons. The van der Waals surface area contributed by atoms with Crippen molar-refractivity contribution in [3.8, 4) is 0 Å². The normalized spacial score (nSPS) is 21.5. The number of benzene rings is 1. The highest BCUT2D eigenvalue weighted by atomic mass is 35.5. The van der Waals surface area contributed by atoms with Crippen molar-refractivity contribution in [2.24, 2.45) is 0 Å². The fraction of sp³-hybridized carbons (Fsp3) is 0.588. The van der Waals surface area contributed by atoms with Crippen molar-refractivity contribution in [1.29, 1.82) is 0 Å². The van der Waals surface area contributed by atoms with Crippen molar-refractivity contribution in [3.05, 3.63) is 35.4 Å². The zero-order valence-corrected chi connectivity index (χ0v) is 15.7. The lowest BCUT2D eigenvalue weighted by molar-refractivity contribution is -0.138. The van der Waals surface area contributed by atoms with Crippen molar-refractivity contribution in [2.45, 2.75) is 19.5 Å². The molecule has 1 aromatic rings. The van der Waals surface area contributed by atoms with Crippen molar-refractivity contribution in [1.82, 2.24) is 15.1 Å². The number of nitrogens with one attached hydrogen (secondary N) is 1. The molecule has 2 saturated heterocycles. The van der Waals surface area contributed by atoms with Gasteiger partial charge in [-0.1, -0.05) is 29.8 Å². The number of hydrogen-bond donors (Lipinski definition) is 1. The van der Waals surface area contributed by atoms with Gasteiger partial charge in [0.1, 0.15) is 6.04 Å². The van der Waals surface area contributed by atoms with Gasteiger partial charge < -0.3 is 15.0 Å². The number of carbonyl (C=O) groups is 1. The largest absolute Gasteiger partial charge is 0.378 e. The van der Waals surface area contributed by atoms with Crippen LogP contribution in [0.3, 0.4) is 0 Å². The monoisotopic (exact) mass is 375 g/mol. The third-order valence-corrected chi connectivity index (χ3v) is 4.39. The number of amides is 1. The lowest BCUT2D eigenvalue weighted by Crippen LogP contribution is -2.57. The number of piperazine rings is 1. The molecule has 2 fully saturated rings. The van der Waals surface area contributed by atoms with Crippen LogP contribution in [-0.4, -0.2) is 67.7 Å². The van der Waals surface area contributed by atoms with E-state index in [-0.39, 0.29) is 36.8 Å². The molecule has 24 heavy (non-hydrogen) atoms. The van der Waals surface area contributed by atoms with Gasteiger partial charge in [0.15, 0.2) is 0 Å². The molecule has 7 heteroatoms. The second kappa shape index (κ2) is 10.2. The van der Waals surface area contributed by atoms with Crippen LogP contribution in [0, 0.1) is 6.92 Å². The molecule has 5 nitrogen and oxygen atoms in total. The topological polar surface area (TPSA) is 44.8 Å². The summed E-state index contributed by atoms with van der Waals surface area (Å²) in [5.74, 6) is 0.190. The van der Waals surface area contributed by atoms with E-state index >= 15 is 0 Å². The van der Waals surface area contributed by atoms with Gasteiger partial charge in [-0.25, -0.2) is 0 Å². The Bertz CT molecular complexity index is 516. The lowest BCUT2D eigenvalue weighted by Gasteiger charge is -2.37. The molecule has 2 aliphatic heterocycles. The summed E-state index contributed by atoms with van der Waals surface area (Å²) in [5, 5.41) is 3.24. The van der Waals surface area contributed by atoms with Gasteiger partial charge in [0.2, 0.25) is 5.91 Å². The smallest absolute Gasteiger partial charge is 0.242 e. The third-order valence-electron chi connectivity index (χ3n) is 4.39. The fourth-order valence-electron chi connectivity index (χ4n) is 3.14. The molecule has 2 aliphatic rings. The minimum Gasteiger partial charge on any atom is -0.378 e. The van der Waals surface area contributed by atoms with Crippen LogP contribution in [-0.2, 0) is 16.1 Å². The van der Waals surface area contributed by atoms with Crippen LogP contribution in [0.15, 0.2) is 24.3 Å². The number of ether oxygens (including phenoxy) is 1. The predicted molar refractivity (Wildman–Crippen MR) is 100 cm³/mol. The molecule has 0 aliphatic carbocycles. The molecule has 1 N–H and O–H groups in total. The van der Waals surface area contributed by atoms with E-state index in [4.69, 9.17) is 4.74 Å². The summed E-state index contributed by atoms with van der Waals surface area (Å²) in [7, 11) is 0. The Hall–Kier alpha value is -0.850. The standard InChI is InChI=1S/C17H25N3O2.2ClH/c1-14-3-2-4-15(11-14)12-19-6-8-20(9-7-19)17(21)16-13-22-10-5-18-16;;/h2-4,11,16,18H,5-10,12-13H2,1H3;2*1H. The first-order chi connectivity index (χ1) is 10.7. The highest BCUT2D eigenvalue weighted by molar-refractivity contribution is 5.85. The number of hydrogen-bond acceptors (Lipinski definition) is 4. The molecule has 0 saturated carbocycles. The van der Waals surface area contributed by atoms with Gasteiger partial charge in [0.25, 0.3) is 0 Å². The van der Waals surface area contributed by atoms with Crippen molar-refractivity contribution < 1.29 is 9.53 Å². The van der Waals surface area contributed by atoms with Crippen LogP contribution >= 0.6 is 24.8 Å². The van der Waals surface area contributed by atoms with Crippen LogP contribution in [0.5, 0.6) is 0 Å². The van der Waals surface area contributed by atoms with Crippen LogP contribution in [0.4, 0.5) is 0 Å². The van der Waals surface area contributed by atoms with Gasteiger partial charge in [0, 0.05) is 39.3 Å². The zero-order valence-electron chi connectivity index (χ0n) is 14.1. The van der Waals surface area contributed by atoms with Gasteiger partial charge in [-0.3, -0.25) is 9.69 Å². The Morgan fingerprint density at radius 1 is 1.25 bits per heavy atom. The quantitative estimate of drug-likeness (QED) is 0.868. The van der Waals surface area contributed by atoms with E-state index in [2.05, 4.69) is 41.4 Å². The number of rotatable bonds is 3. The number of morpholine rings is 1. The van der Waals surface area contributed by atoms with Gasteiger partial charge >= 0.3 is 0 Å². The number of aryl methyl sites for hydroxylation is 1. The molecule has 0 aromatic heterocycles. The SMILES string of the molecule is Cc1cccc(CN2CCN(C(=O)C3COCCN3)CC2)c1.Cl.Cl. The minimum absolute atomic E-state index is 0. The Kier molecular flexibility index (Phi) is 9.02. The van der Waals surface area contributed by atoms with Crippen LogP contribution in [0.25, 0.3) is 0 Å². The van der Waals surface area contributed by atoms with Crippen molar-refractivity contribution in [3.63, 3.8) is 0 Å². The van der Waals surface area contributed by atoms with E-state index < -0.39 is 0 Å². The van der Waals surface area contributed by atoms with Crippen LogP contribution < -0.4 is 5.32 Å². The zero-order chi connectivity index (χ0) is 15.4. The van der Waals surface area contributed by atoms with Crippen molar-refractivity contribution >= 4 is 30.7 Å². The lowest BCUT2D eigenvalue weighted by atomic mass is 10.1. The Labute approximate surface area is 156 Å². The number of halogens is 2. The Morgan fingerprint density at radius 3 is 2.62 bits per heavy atom. The van der Waals surface area contributed by atoms with E-state index in [1.54, 1.807) is 0 Å². The fourth-order valence-corrected chi connectivity index (χ4v) is 3.14. The van der Waals surface area contributed by atoms with Crippen LogP contribution in [0.2, 0.25) is 0 Å². The maximum absolute atomic E-state index is 12.4. The van der Waals surface area contributed by atoms with E-state index in [0.717, 1.165) is 39.3 Å². The van der Waals surface area contributed by atoms with E-state index in [0.29, 0.717) is 13.2 Å². The molecule has 2 heterocycles. The second-order valence-electron chi connectivity index (χ2n) is 6.17. The molecule has 1 atom stereocenters. The summed E-state index contributed by atoms with van der Waals surface area (Å²) in [6.45, 7) is 8.56. The highest BCUT2D eigenvalue weighted by Gasteiger charge is 2.28. The van der Waals surface area contributed by atoms with E-state index in [1.165, 1.54) is 11.1 Å². The number of carbonyl (C=O) groups excluding carboxylic acids is 1. The summed E-state index contributed by atoms with van der Waals surface area (Å²) in [6.07, 6.45) is 0. The van der Waals surface area contributed by atoms with E-state index in [1.807, 2.05) is 4.90 Å². The molecule has 0 spiro atoms. The molecule has 1 amide bonds. The van der Waals surface area contributed by atoms with Crippen LogP contribution in [0.1, 0.15) is 11.1 Å². The molecule has 3 rings (SSSR count). The summed E-state index contributed by atoms with van der Waals surface area (Å²) in [5.41, 5.74) is 2.65. The average molecular weight is 376 g/mol. The third kappa shape index (κ3) is 5.60. The maximum atomic E-state index is 12.4. The Balaban J connectivity index is 0.00000144. The maximum Gasteiger partial charge on any atom is 0.242 e. The molecular weight excluding hydrogens is 349 g/mol. The summed E-state index contributed by atoms with van der Waals surface area (Å²) in [6, 6.07) is 8.49. The summed E-state index contributed by atoms with van der Waals surface area (Å²) in [4.78, 5) is 16.8. The minimum atomic E-state index is -0.155. The van der Waals surface area contributed by atoms with Crippen molar-refractivity contribution in [2.75, 3.05) is 45.9 Å². The average Bonchev–Trinajstić information content (AvgIpc) is 2.56. The summed E-state index contributed by atoms with van der Waals surface area (Å²) >= 11 is 0. The molecule has 0 radical (unpaired) electrons. The Morgan fingerprint density at radius 2 is 2.00 bits per heavy atom. The first kappa shape index (κ1) is 21.2. The molecule has 0 bridgehead atoms. The first-order valence-corrected chi connectivity index (χ1v) is 8.10. The predicted octanol–water partition coefficient (Wildman–Crippen LogP) is 1.47. The highest BCUT2D eigenvalue weighted by Crippen LogP contribution is 2.11. The number of nitrogens with zero attached hydrogens (tertiary/aromatic N) is 2. The van der Waals surface area contributed by atoms with E-state index in [9.17, 15) is 4.79 Å². The van der Waals surface area contributed by atoms with Gasteiger partial charge in [-0.15, -0.1) is 24.8 Å². The first-order valence-electron chi connectivity index (χ1n) is 8.10. The van der Waals surface area contributed by atoms with Gasteiger partial charge in [-0.05, 0) is 12.5 Å². The van der Waals surface area contributed by atoms with Gasteiger partial charge in [-0.2, -0.15) is 0 Å². The van der Waals surface area contributed by atoms with Gasteiger partial charge in [0.05, 0.1) is 13.2 Å². The second-order valence-corrected chi connectivity index (χ2v) is 6.17. The molecular formula is C17H27Cl2N3O2. The molecule has 1 aromatic carbocycles.